The summed E-state index contributed by atoms with van der Waals surface area (Å²) in [5.41, 5.74) is 5.51. The topological polar surface area (TPSA) is 75.9 Å². The van der Waals surface area contributed by atoms with Crippen LogP contribution in [0.3, 0.4) is 0 Å². The fraction of sp³-hybridized carbons (Fsp3) is 1.00. The third kappa shape index (κ3) is 6.49. The molecule has 20 heavy (non-hydrogen) atoms. The second-order valence-electron chi connectivity index (χ2n) is 5.47. The molecule has 1 saturated heterocycles. The molecule has 0 unspecified atom stereocenters. The molecule has 1 fully saturated rings. The fourth-order valence-electron chi connectivity index (χ4n) is 2.28. The highest BCUT2D eigenvalue weighted by atomic mass is 32.2. The van der Waals surface area contributed by atoms with Crippen molar-refractivity contribution < 1.29 is 13.2 Å². The summed E-state index contributed by atoms with van der Waals surface area (Å²) in [4.78, 5) is 2.30. The molecule has 0 radical (unpaired) electrons. The first-order chi connectivity index (χ1) is 9.45. The largest absolute Gasteiger partial charge is 0.378 e. The molecule has 1 aliphatic rings. The molecular weight excluding hydrogens is 278 g/mol. The van der Waals surface area contributed by atoms with Crippen LogP contribution in [-0.4, -0.2) is 75.4 Å². The average molecular weight is 307 g/mol. The van der Waals surface area contributed by atoms with Crippen LogP contribution in [0.5, 0.6) is 0 Å². The molecule has 1 rings (SSSR count). The SMILES string of the molecule is CC(C)OCCS(=O)(=O)N1CCCN(CCCN)CC1. The van der Waals surface area contributed by atoms with Gasteiger partial charge in [0.15, 0.2) is 0 Å². The van der Waals surface area contributed by atoms with Crippen LogP contribution >= 0.6 is 0 Å². The van der Waals surface area contributed by atoms with Crippen LogP contribution in [0.1, 0.15) is 26.7 Å². The van der Waals surface area contributed by atoms with E-state index in [4.69, 9.17) is 10.5 Å². The van der Waals surface area contributed by atoms with E-state index in [2.05, 4.69) is 4.90 Å². The molecule has 0 aromatic rings. The highest BCUT2D eigenvalue weighted by Gasteiger charge is 2.24. The Morgan fingerprint density at radius 2 is 1.95 bits per heavy atom. The Balaban J connectivity index is 2.42. The van der Waals surface area contributed by atoms with E-state index in [1.807, 2.05) is 13.8 Å². The number of nitrogens with zero attached hydrogens (tertiary/aromatic N) is 2. The predicted molar refractivity (Wildman–Crippen MR) is 81.2 cm³/mol. The minimum absolute atomic E-state index is 0.0705. The van der Waals surface area contributed by atoms with E-state index in [1.54, 1.807) is 4.31 Å². The van der Waals surface area contributed by atoms with Gasteiger partial charge >= 0.3 is 0 Å². The van der Waals surface area contributed by atoms with Crippen LogP contribution in [0.15, 0.2) is 0 Å². The lowest BCUT2D eigenvalue weighted by molar-refractivity contribution is 0.0907. The summed E-state index contributed by atoms with van der Waals surface area (Å²) >= 11 is 0. The molecule has 0 aromatic carbocycles. The molecule has 0 amide bonds. The second-order valence-corrected chi connectivity index (χ2v) is 7.56. The maximum atomic E-state index is 12.2. The molecule has 0 aliphatic carbocycles. The van der Waals surface area contributed by atoms with Crippen molar-refractivity contribution in [2.45, 2.75) is 32.8 Å². The van der Waals surface area contributed by atoms with E-state index in [0.29, 0.717) is 19.6 Å². The normalized spacial score (nSPS) is 19.4. The van der Waals surface area contributed by atoms with Crippen LogP contribution in [0.4, 0.5) is 0 Å². The Bertz CT molecular complexity index is 360. The van der Waals surface area contributed by atoms with Crippen molar-refractivity contribution in [3.63, 3.8) is 0 Å². The van der Waals surface area contributed by atoms with E-state index in [1.165, 1.54) is 0 Å². The van der Waals surface area contributed by atoms with Gasteiger partial charge in [0.2, 0.25) is 10.0 Å². The third-order valence-corrected chi connectivity index (χ3v) is 5.25. The van der Waals surface area contributed by atoms with Gasteiger partial charge in [-0.05, 0) is 46.3 Å². The van der Waals surface area contributed by atoms with Gasteiger partial charge in [-0.2, -0.15) is 0 Å². The van der Waals surface area contributed by atoms with Gasteiger partial charge in [0, 0.05) is 19.6 Å². The molecule has 0 bridgehead atoms. The lowest BCUT2D eigenvalue weighted by Gasteiger charge is -2.21. The van der Waals surface area contributed by atoms with Crippen molar-refractivity contribution in [3.05, 3.63) is 0 Å². The molecule has 1 aliphatic heterocycles. The van der Waals surface area contributed by atoms with Crippen LogP contribution in [0.2, 0.25) is 0 Å². The molecule has 0 atom stereocenters. The quantitative estimate of drug-likeness (QED) is 0.688. The van der Waals surface area contributed by atoms with Crippen LogP contribution < -0.4 is 5.73 Å². The number of rotatable bonds is 8. The van der Waals surface area contributed by atoms with Crippen molar-refractivity contribution in [1.82, 2.24) is 9.21 Å². The zero-order valence-electron chi connectivity index (χ0n) is 12.8. The van der Waals surface area contributed by atoms with Crippen molar-refractivity contribution >= 4 is 10.0 Å². The molecule has 2 N–H and O–H groups in total. The minimum atomic E-state index is -3.19. The molecular formula is C13H29N3O3S. The van der Waals surface area contributed by atoms with Gasteiger partial charge in [-0.25, -0.2) is 12.7 Å². The van der Waals surface area contributed by atoms with E-state index in [9.17, 15) is 8.42 Å². The van der Waals surface area contributed by atoms with Crippen molar-refractivity contribution in [1.29, 1.82) is 0 Å². The van der Waals surface area contributed by atoms with Crippen LogP contribution in [0, 0.1) is 0 Å². The van der Waals surface area contributed by atoms with Gasteiger partial charge in [-0.15, -0.1) is 0 Å². The molecule has 1 heterocycles. The maximum absolute atomic E-state index is 12.2. The highest BCUT2D eigenvalue weighted by molar-refractivity contribution is 7.89. The molecule has 0 spiro atoms. The smallest absolute Gasteiger partial charge is 0.216 e. The summed E-state index contributed by atoms with van der Waals surface area (Å²) in [7, 11) is -3.19. The Morgan fingerprint density at radius 1 is 1.20 bits per heavy atom. The highest BCUT2D eigenvalue weighted by Crippen LogP contribution is 2.09. The first-order valence-electron chi connectivity index (χ1n) is 7.47. The van der Waals surface area contributed by atoms with Crippen molar-refractivity contribution in [2.24, 2.45) is 5.73 Å². The summed E-state index contributed by atoms with van der Waals surface area (Å²) in [5, 5.41) is 0. The Labute approximate surface area is 123 Å². The Kier molecular flexibility index (Phi) is 7.98. The summed E-state index contributed by atoms with van der Waals surface area (Å²) < 4.78 is 31.5. The zero-order valence-corrected chi connectivity index (χ0v) is 13.6. The number of sulfonamides is 1. The van der Waals surface area contributed by atoms with E-state index < -0.39 is 10.0 Å². The van der Waals surface area contributed by atoms with E-state index in [-0.39, 0.29) is 18.5 Å². The molecule has 7 heteroatoms. The van der Waals surface area contributed by atoms with Crippen molar-refractivity contribution in [3.8, 4) is 0 Å². The molecule has 0 aromatic heterocycles. The molecule has 6 nitrogen and oxygen atoms in total. The number of nitrogens with two attached hydrogens (primary N) is 1. The van der Waals surface area contributed by atoms with Gasteiger partial charge in [0.25, 0.3) is 0 Å². The van der Waals surface area contributed by atoms with Crippen molar-refractivity contribution in [2.75, 3.05) is 51.6 Å². The standard InChI is InChI=1S/C13H29N3O3S/c1-13(2)19-11-12-20(17,18)16-8-4-7-15(9-10-16)6-3-5-14/h13H,3-12,14H2,1-2H3. The van der Waals surface area contributed by atoms with Crippen LogP contribution in [-0.2, 0) is 14.8 Å². The number of hydrogen-bond donors (Lipinski definition) is 1. The lowest BCUT2D eigenvalue weighted by Crippen LogP contribution is -2.38. The fourth-order valence-corrected chi connectivity index (χ4v) is 3.61. The Hall–Kier alpha value is -0.210. The van der Waals surface area contributed by atoms with E-state index in [0.717, 1.165) is 32.5 Å². The zero-order chi connectivity index (χ0) is 15.0. The minimum Gasteiger partial charge on any atom is -0.378 e. The second kappa shape index (κ2) is 8.94. The number of hydrogen-bond acceptors (Lipinski definition) is 5. The van der Waals surface area contributed by atoms with Gasteiger partial charge in [0.05, 0.1) is 18.5 Å². The summed E-state index contributed by atoms with van der Waals surface area (Å²) in [6.07, 6.45) is 1.92. The van der Waals surface area contributed by atoms with E-state index >= 15 is 0 Å². The predicted octanol–water partition coefficient (Wildman–Crippen LogP) is 0.0977. The monoisotopic (exact) mass is 307 g/mol. The van der Waals surface area contributed by atoms with Gasteiger partial charge < -0.3 is 15.4 Å². The van der Waals surface area contributed by atoms with Gasteiger partial charge in [-0.1, -0.05) is 0 Å². The van der Waals surface area contributed by atoms with Gasteiger partial charge in [-0.3, -0.25) is 0 Å². The summed E-state index contributed by atoms with van der Waals surface area (Å²) in [6.45, 7) is 8.68. The molecule has 0 saturated carbocycles. The van der Waals surface area contributed by atoms with Crippen LogP contribution in [0.25, 0.3) is 0 Å². The summed E-state index contributed by atoms with van der Waals surface area (Å²) in [6, 6.07) is 0. The average Bonchev–Trinajstić information content (AvgIpc) is 2.61. The lowest BCUT2D eigenvalue weighted by atomic mass is 10.3. The first kappa shape index (κ1) is 17.8. The molecule has 120 valence electrons. The number of ether oxygens (including phenoxy) is 1. The first-order valence-corrected chi connectivity index (χ1v) is 9.08. The van der Waals surface area contributed by atoms with Gasteiger partial charge in [0.1, 0.15) is 0 Å². The Morgan fingerprint density at radius 3 is 2.60 bits per heavy atom. The maximum Gasteiger partial charge on any atom is 0.216 e. The summed E-state index contributed by atoms with van der Waals surface area (Å²) in [5.74, 6) is 0.0774. The third-order valence-electron chi connectivity index (χ3n) is 3.41.